The average molecular weight is 736 g/mol. The molecule has 5 aliphatic heterocycles. The van der Waals surface area contributed by atoms with E-state index < -0.39 is 67.4 Å². The summed E-state index contributed by atoms with van der Waals surface area (Å²) in [6, 6.07) is 7.53. The zero-order chi connectivity index (χ0) is 37.0. The lowest BCUT2D eigenvalue weighted by atomic mass is 9.68. The summed E-state index contributed by atoms with van der Waals surface area (Å²) in [6.45, 7) is 0.655. The predicted molar refractivity (Wildman–Crippen MR) is 183 cm³/mol. The molecule has 8 atom stereocenters. The number of methoxy groups -OCH3 is 2. The summed E-state index contributed by atoms with van der Waals surface area (Å²) < 4.78 is 42.7. The van der Waals surface area contributed by atoms with Crippen LogP contribution >= 0.6 is 0 Å². The first kappa shape index (κ1) is 35.4. The lowest BCUT2D eigenvalue weighted by Gasteiger charge is -2.48. The number of aliphatic hydroxyl groups excluding tert-OH is 3. The lowest BCUT2D eigenvalue weighted by molar-refractivity contribution is -0.851. The van der Waals surface area contributed by atoms with Crippen LogP contribution in [0, 0.1) is 0 Å². The van der Waals surface area contributed by atoms with Gasteiger partial charge in [-0.3, -0.25) is 19.5 Å². The van der Waals surface area contributed by atoms with Crippen molar-refractivity contribution in [3.05, 3.63) is 64.5 Å². The molecule has 53 heavy (non-hydrogen) atoms. The first-order valence-corrected chi connectivity index (χ1v) is 17.9. The minimum absolute atomic E-state index is 0.140. The van der Waals surface area contributed by atoms with Gasteiger partial charge in [0.15, 0.2) is 11.5 Å². The molecule has 0 aromatic heterocycles. The number of quaternary nitrogens is 1. The van der Waals surface area contributed by atoms with Gasteiger partial charge in [-0.2, -0.15) is 0 Å². The van der Waals surface area contributed by atoms with Gasteiger partial charge in [0.2, 0.25) is 12.0 Å². The number of hydrogen-bond acceptors (Lipinski definition) is 13. The van der Waals surface area contributed by atoms with E-state index in [-0.39, 0.29) is 11.7 Å². The Kier molecular flexibility index (Phi) is 9.31. The van der Waals surface area contributed by atoms with Gasteiger partial charge in [-0.25, -0.2) is 0 Å². The molecule has 1 aliphatic carbocycles. The number of carboxylic acids is 1. The van der Waals surface area contributed by atoms with Crippen molar-refractivity contribution in [1.29, 1.82) is 0 Å². The monoisotopic (exact) mass is 735 g/mol. The van der Waals surface area contributed by atoms with E-state index >= 15 is 0 Å². The number of hydrogen-bond donors (Lipinski definition) is 5. The SMILES string of the molecule is COc1ccc2c(c1OC)OC1c3c(C[NH+]4C=C5N=CC=C5C4)cc(OC4OC(COC(=O)CC(=O)O)C(O)C(O)C4O)cc3OC3(CCCCC3)C21. The number of aliphatic imine (C=N–C) groups is 1. The molecule has 2 aromatic carbocycles. The highest BCUT2D eigenvalue weighted by Crippen LogP contribution is 2.64. The second kappa shape index (κ2) is 14.0. The largest absolute Gasteiger partial charge is 0.493 e. The third-order valence-corrected chi connectivity index (χ3v) is 11.1. The second-order valence-electron chi connectivity index (χ2n) is 14.4. The van der Waals surface area contributed by atoms with Gasteiger partial charge < -0.3 is 53.6 Å². The maximum Gasteiger partial charge on any atom is 0.317 e. The Hall–Kier alpha value is -4.67. The number of ether oxygens (including phenoxy) is 7. The maximum absolute atomic E-state index is 11.9. The number of benzene rings is 2. The molecule has 282 valence electrons. The van der Waals surface area contributed by atoms with E-state index in [0.717, 1.165) is 71.5 Å². The van der Waals surface area contributed by atoms with Gasteiger partial charge in [-0.1, -0.05) is 12.5 Å². The van der Waals surface area contributed by atoms with E-state index in [2.05, 4.69) is 11.2 Å². The Balaban J connectivity index is 1.17. The van der Waals surface area contributed by atoms with Crippen LogP contribution in [0.2, 0.25) is 0 Å². The van der Waals surface area contributed by atoms with E-state index in [1.54, 1.807) is 26.5 Å². The van der Waals surface area contributed by atoms with Crippen LogP contribution in [-0.4, -0.2) is 102 Å². The Labute approximate surface area is 305 Å². The topological polar surface area (TPSA) is 196 Å². The summed E-state index contributed by atoms with van der Waals surface area (Å²) in [6.07, 6.45) is 1.36. The summed E-state index contributed by atoms with van der Waals surface area (Å²) in [5, 5.41) is 41.2. The molecule has 5 heterocycles. The molecule has 0 radical (unpaired) electrons. The summed E-state index contributed by atoms with van der Waals surface area (Å²) in [4.78, 5) is 28.4. The molecule has 2 aromatic rings. The highest BCUT2D eigenvalue weighted by Gasteiger charge is 2.57. The first-order valence-electron chi connectivity index (χ1n) is 17.9. The number of carbonyl (C=O) groups is 2. The number of nitrogens with zero attached hydrogens (tertiary/aromatic N) is 1. The molecule has 8 rings (SSSR count). The van der Waals surface area contributed by atoms with E-state index in [1.165, 1.54) is 0 Å². The van der Waals surface area contributed by atoms with Gasteiger partial charge in [0, 0.05) is 34.5 Å². The number of allylic oxidation sites excluding steroid dienone is 1. The number of carbonyl (C=O) groups excluding carboxylic acids is 1. The van der Waals surface area contributed by atoms with Crippen LogP contribution in [0.15, 0.2) is 52.8 Å². The van der Waals surface area contributed by atoms with Gasteiger partial charge in [-0.15, -0.1) is 0 Å². The molecular weight excluding hydrogens is 692 g/mol. The Morgan fingerprint density at radius 2 is 1.85 bits per heavy atom. The molecule has 0 amide bonds. The standard InChI is InChI=1S/C38H42N2O13/c1-47-24-7-6-22-30-36(52-34(22)35(24)48-2)29-20(16-40-15-19-8-11-39-23(19)17-40)12-21(13-25(29)53-38(30)9-4-3-5-10-38)50-37-33(46)32(45)31(44)26(51-37)18-49-28(43)14-27(41)42/h6-8,11-13,17,26,30-33,36-37,44-46H,3-5,9-10,14-16,18H2,1-2H3,(H,41,42)/p+1. The van der Waals surface area contributed by atoms with Crippen LogP contribution in [0.3, 0.4) is 0 Å². The molecule has 1 spiro atoms. The van der Waals surface area contributed by atoms with Crippen molar-refractivity contribution in [1.82, 2.24) is 0 Å². The maximum atomic E-state index is 11.9. The Morgan fingerprint density at radius 3 is 2.58 bits per heavy atom. The number of aliphatic carboxylic acids is 1. The predicted octanol–water partition coefficient (Wildman–Crippen LogP) is 1.47. The van der Waals surface area contributed by atoms with Crippen LogP contribution < -0.4 is 28.6 Å². The van der Waals surface area contributed by atoms with E-state index in [0.29, 0.717) is 29.5 Å². The molecule has 15 nitrogen and oxygen atoms in total. The van der Waals surface area contributed by atoms with Crippen LogP contribution in [-0.2, 0) is 25.6 Å². The average Bonchev–Trinajstić information content (AvgIpc) is 3.85. The molecule has 1 saturated carbocycles. The van der Waals surface area contributed by atoms with Crippen LogP contribution in [0.1, 0.15) is 67.2 Å². The lowest BCUT2D eigenvalue weighted by Crippen LogP contribution is -3.04. The van der Waals surface area contributed by atoms with Gasteiger partial charge in [0.05, 0.1) is 20.1 Å². The third-order valence-electron chi connectivity index (χ3n) is 11.1. The van der Waals surface area contributed by atoms with Crippen molar-refractivity contribution >= 4 is 18.2 Å². The fraction of sp³-hybridized carbons (Fsp3) is 0.500. The molecule has 0 bridgehead atoms. The van der Waals surface area contributed by atoms with Crippen molar-refractivity contribution in [2.45, 2.75) is 93.4 Å². The van der Waals surface area contributed by atoms with Gasteiger partial charge in [-0.05, 0) is 43.9 Å². The second-order valence-corrected chi connectivity index (χ2v) is 14.4. The smallest absolute Gasteiger partial charge is 0.317 e. The highest BCUT2D eigenvalue weighted by molar-refractivity contribution is 5.90. The van der Waals surface area contributed by atoms with Crippen molar-refractivity contribution < 1.29 is 68.1 Å². The van der Waals surface area contributed by atoms with E-state index in [4.69, 9.17) is 38.3 Å². The molecule has 15 heteroatoms. The summed E-state index contributed by atoms with van der Waals surface area (Å²) in [5.74, 6) is -0.0182. The minimum Gasteiger partial charge on any atom is -0.493 e. The van der Waals surface area contributed by atoms with E-state index in [1.807, 2.05) is 24.3 Å². The van der Waals surface area contributed by atoms with Crippen molar-refractivity contribution in [2.75, 3.05) is 27.4 Å². The number of fused-ring (bicyclic) bond motifs is 7. The van der Waals surface area contributed by atoms with Crippen molar-refractivity contribution in [3.63, 3.8) is 0 Å². The summed E-state index contributed by atoms with van der Waals surface area (Å²) >= 11 is 0. The number of aliphatic hydroxyl groups is 3. The molecule has 2 fully saturated rings. The Bertz CT molecular complexity index is 1890. The zero-order valence-electron chi connectivity index (χ0n) is 29.4. The summed E-state index contributed by atoms with van der Waals surface area (Å²) in [5.41, 5.74) is 4.19. The fourth-order valence-electron chi connectivity index (χ4n) is 8.68. The van der Waals surface area contributed by atoms with Gasteiger partial charge in [0.1, 0.15) is 85.6 Å². The molecule has 6 aliphatic rings. The van der Waals surface area contributed by atoms with Crippen LogP contribution in [0.25, 0.3) is 0 Å². The van der Waals surface area contributed by atoms with Gasteiger partial charge >= 0.3 is 11.9 Å². The number of esters is 1. The van der Waals surface area contributed by atoms with E-state index in [9.17, 15) is 24.9 Å². The van der Waals surface area contributed by atoms with Crippen molar-refractivity contribution in [3.8, 4) is 28.7 Å². The molecule has 8 unspecified atom stereocenters. The van der Waals surface area contributed by atoms with Crippen molar-refractivity contribution in [2.24, 2.45) is 4.99 Å². The van der Waals surface area contributed by atoms with Gasteiger partial charge in [0.25, 0.3) is 0 Å². The fourth-order valence-corrected chi connectivity index (χ4v) is 8.68. The number of rotatable bonds is 10. The quantitative estimate of drug-likeness (QED) is 0.174. The Morgan fingerprint density at radius 1 is 1.04 bits per heavy atom. The minimum atomic E-state index is -1.72. The normalized spacial score (nSPS) is 30.1. The molecular formula is C38H43N2O13+. The third kappa shape index (κ3) is 6.29. The number of carboxylic acid groups (broad SMARTS) is 1. The molecule has 1 saturated heterocycles. The highest BCUT2D eigenvalue weighted by atomic mass is 16.7. The molecule has 5 N–H and O–H groups in total. The first-order chi connectivity index (χ1) is 25.6. The zero-order valence-corrected chi connectivity index (χ0v) is 29.4. The summed E-state index contributed by atoms with van der Waals surface area (Å²) in [7, 11) is 3.19. The van der Waals surface area contributed by atoms with Crippen LogP contribution in [0.5, 0.6) is 28.7 Å². The van der Waals surface area contributed by atoms with Crippen LogP contribution in [0.4, 0.5) is 0 Å². The number of nitrogens with one attached hydrogen (secondary N) is 1.